The van der Waals surface area contributed by atoms with Crippen molar-refractivity contribution >= 4 is 0 Å². The van der Waals surface area contributed by atoms with Crippen molar-refractivity contribution in [2.75, 3.05) is 0 Å². The Bertz CT molecular complexity index is 177. The second kappa shape index (κ2) is 4.63. The second-order valence-corrected chi connectivity index (χ2v) is 5.70. The molecule has 2 N–H and O–H groups in total. The summed E-state index contributed by atoms with van der Waals surface area (Å²) in [4.78, 5) is 0. The van der Waals surface area contributed by atoms with Crippen LogP contribution in [-0.4, -0.2) is 18.2 Å². The predicted molar refractivity (Wildman–Crippen MR) is 60.2 cm³/mol. The summed E-state index contributed by atoms with van der Waals surface area (Å²) in [6.07, 6.45) is 5.62. The molecule has 3 atom stereocenters. The lowest BCUT2D eigenvalue weighted by atomic mass is 9.81. The van der Waals surface area contributed by atoms with E-state index in [2.05, 4.69) is 27.7 Å². The third-order valence-corrected chi connectivity index (χ3v) is 2.97. The van der Waals surface area contributed by atoms with Crippen LogP contribution in [0.25, 0.3) is 0 Å². The van der Waals surface area contributed by atoms with E-state index < -0.39 is 0 Å². The van der Waals surface area contributed by atoms with Crippen LogP contribution in [0.4, 0.5) is 0 Å². The summed E-state index contributed by atoms with van der Waals surface area (Å²) < 4.78 is 5.84. The Kier molecular flexibility index (Phi) is 3.96. The molecule has 0 spiro atoms. The summed E-state index contributed by atoms with van der Waals surface area (Å²) in [5.41, 5.74) is 6.16. The van der Waals surface area contributed by atoms with Crippen molar-refractivity contribution in [3.63, 3.8) is 0 Å². The molecule has 1 fully saturated rings. The van der Waals surface area contributed by atoms with E-state index in [0.717, 1.165) is 12.8 Å². The molecule has 1 aliphatic rings. The minimum atomic E-state index is 0.295. The number of rotatable bonds is 4. The Hall–Kier alpha value is -0.0800. The van der Waals surface area contributed by atoms with E-state index in [1.54, 1.807) is 0 Å². The monoisotopic (exact) mass is 199 g/mol. The molecule has 14 heavy (non-hydrogen) atoms. The molecule has 3 unspecified atom stereocenters. The first-order valence-electron chi connectivity index (χ1n) is 5.80. The highest BCUT2D eigenvalue weighted by atomic mass is 16.5. The predicted octanol–water partition coefficient (Wildman–Crippen LogP) is 2.71. The summed E-state index contributed by atoms with van der Waals surface area (Å²) in [5, 5.41) is 0. The summed E-state index contributed by atoms with van der Waals surface area (Å²) >= 11 is 0. The first-order valence-corrected chi connectivity index (χ1v) is 5.80. The average Bonchev–Trinajstić information content (AvgIpc) is 2.30. The summed E-state index contributed by atoms with van der Waals surface area (Å²) in [5.74, 6) is 0. The SMILES string of the molecule is CC(N)CC(C)(C)CC1CCC(C)O1. The van der Waals surface area contributed by atoms with Gasteiger partial charge in [0.1, 0.15) is 0 Å². The van der Waals surface area contributed by atoms with Gasteiger partial charge in [-0.2, -0.15) is 0 Å². The van der Waals surface area contributed by atoms with Crippen molar-refractivity contribution in [2.24, 2.45) is 11.1 Å². The lowest BCUT2D eigenvalue weighted by molar-refractivity contribution is 0.0260. The van der Waals surface area contributed by atoms with Gasteiger partial charge in [-0.15, -0.1) is 0 Å². The first kappa shape index (κ1) is 12.0. The molecule has 1 saturated heterocycles. The van der Waals surface area contributed by atoms with Crippen LogP contribution in [0.2, 0.25) is 0 Å². The quantitative estimate of drug-likeness (QED) is 0.755. The Balaban J connectivity index is 2.34. The smallest absolute Gasteiger partial charge is 0.0584 e. The Morgan fingerprint density at radius 2 is 2.07 bits per heavy atom. The van der Waals surface area contributed by atoms with Crippen LogP contribution < -0.4 is 5.73 Å². The van der Waals surface area contributed by atoms with Gasteiger partial charge in [-0.1, -0.05) is 13.8 Å². The fraction of sp³-hybridized carbons (Fsp3) is 1.00. The second-order valence-electron chi connectivity index (χ2n) is 5.70. The zero-order valence-electron chi connectivity index (χ0n) is 10.0. The molecule has 0 bridgehead atoms. The molecular formula is C12H25NO. The molecule has 0 amide bonds. The molecule has 0 radical (unpaired) electrons. The van der Waals surface area contributed by atoms with Crippen LogP contribution in [0.1, 0.15) is 53.4 Å². The van der Waals surface area contributed by atoms with Gasteiger partial charge in [-0.3, -0.25) is 0 Å². The van der Waals surface area contributed by atoms with E-state index in [-0.39, 0.29) is 0 Å². The highest BCUT2D eigenvalue weighted by Crippen LogP contribution is 2.33. The molecular weight excluding hydrogens is 174 g/mol. The highest BCUT2D eigenvalue weighted by Gasteiger charge is 2.29. The zero-order valence-corrected chi connectivity index (χ0v) is 10.0. The van der Waals surface area contributed by atoms with Crippen molar-refractivity contribution in [1.29, 1.82) is 0 Å². The number of nitrogens with two attached hydrogens (primary N) is 1. The van der Waals surface area contributed by atoms with Gasteiger partial charge < -0.3 is 10.5 Å². The highest BCUT2D eigenvalue weighted by molar-refractivity contribution is 4.80. The fourth-order valence-electron chi connectivity index (χ4n) is 2.61. The van der Waals surface area contributed by atoms with Crippen LogP contribution in [0.3, 0.4) is 0 Å². The maximum atomic E-state index is 5.84. The van der Waals surface area contributed by atoms with E-state index in [4.69, 9.17) is 10.5 Å². The van der Waals surface area contributed by atoms with E-state index in [1.165, 1.54) is 12.8 Å². The first-order chi connectivity index (χ1) is 6.39. The van der Waals surface area contributed by atoms with Gasteiger partial charge in [0.2, 0.25) is 0 Å². The molecule has 0 aromatic heterocycles. The minimum Gasteiger partial charge on any atom is -0.375 e. The van der Waals surface area contributed by atoms with Crippen molar-refractivity contribution in [3.05, 3.63) is 0 Å². The molecule has 0 aromatic rings. The van der Waals surface area contributed by atoms with Gasteiger partial charge in [0.15, 0.2) is 0 Å². The van der Waals surface area contributed by atoms with E-state index >= 15 is 0 Å². The largest absolute Gasteiger partial charge is 0.375 e. The summed E-state index contributed by atoms with van der Waals surface area (Å²) in [7, 11) is 0. The van der Waals surface area contributed by atoms with Gasteiger partial charge in [0.05, 0.1) is 12.2 Å². The normalized spacial score (nSPS) is 30.6. The Morgan fingerprint density at radius 3 is 2.50 bits per heavy atom. The number of hydrogen-bond donors (Lipinski definition) is 1. The molecule has 1 rings (SSSR count). The molecule has 0 saturated carbocycles. The van der Waals surface area contributed by atoms with Crippen molar-refractivity contribution in [2.45, 2.75) is 71.6 Å². The van der Waals surface area contributed by atoms with Gasteiger partial charge in [0, 0.05) is 6.04 Å². The summed E-state index contributed by atoms with van der Waals surface area (Å²) in [6, 6.07) is 0.295. The van der Waals surface area contributed by atoms with E-state index in [0.29, 0.717) is 23.7 Å². The fourth-order valence-corrected chi connectivity index (χ4v) is 2.61. The minimum absolute atomic E-state index is 0.295. The van der Waals surface area contributed by atoms with E-state index in [9.17, 15) is 0 Å². The standard InChI is InChI=1S/C12H25NO/c1-9(13)7-12(3,4)8-11-6-5-10(2)14-11/h9-11H,5-8,13H2,1-4H3. The van der Waals surface area contributed by atoms with Crippen molar-refractivity contribution < 1.29 is 4.74 Å². The molecule has 1 heterocycles. The van der Waals surface area contributed by atoms with Crippen LogP contribution in [0.5, 0.6) is 0 Å². The van der Waals surface area contributed by atoms with Crippen LogP contribution in [0, 0.1) is 5.41 Å². The van der Waals surface area contributed by atoms with Gasteiger partial charge in [0.25, 0.3) is 0 Å². The molecule has 0 aromatic carbocycles. The van der Waals surface area contributed by atoms with Crippen molar-refractivity contribution in [3.8, 4) is 0 Å². The van der Waals surface area contributed by atoms with Crippen LogP contribution in [-0.2, 0) is 4.74 Å². The summed E-state index contributed by atoms with van der Waals surface area (Å²) in [6.45, 7) is 8.84. The third-order valence-electron chi connectivity index (χ3n) is 2.97. The number of ether oxygens (including phenoxy) is 1. The molecule has 84 valence electrons. The Morgan fingerprint density at radius 1 is 1.43 bits per heavy atom. The van der Waals surface area contributed by atoms with Crippen molar-refractivity contribution in [1.82, 2.24) is 0 Å². The topological polar surface area (TPSA) is 35.2 Å². The molecule has 2 nitrogen and oxygen atoms in total. The molecule has 1 aliphatic heterocycles. The Labute approximate surface area is 88.2 Å². The maximum Gasteiger partial charge on any atom is 0.0584 e. The lowest BCUT2D eigenvalue weighted by Crippen LogP contribution is -2.28. The van der Waals surface area contributed by atoms with Gasteiger partial charge >= 0.3 is 0 Å². The van der Waals surface area contributed by atoms with Crippen LogP contribution in [0.15, 0.2) is 0 Å². The molecule has 2 heteroatoms. The van der Waals surface area contributed by atoms with Gasteiger partial charge in [-0.25, -0.2) is 0 Å². The van der Waals surface area contributed by atoms with E-state index in [1.807, 2.05) is 0 Å². The van der Waals surface area contributed by atoms with Gasteiger partial charge in [-0.05, 0) is 44.9 Å². The maximum absolute atomic E-state index is 5.84. The molecule has 0 aliphatic carbocycles. The average molecular weight is 199 g/mol. The van der Waals surface area contributed by atoms with Crippen LogP contribution >= 0.6 is 0 Å². The number of hydrogen-bond acceptors (Lipinski definition) is 2. The third kappa shape index (κ3) is 3.97. The zero-order chi connectivity index (χ0) is 10.8. The lowest BCUT2D eigenvalue weighted by Gasteiger charge is -2.29.